The molecule has 0 fully saturated rings. The van der Waals surface area contributed by atoms with Gasteiger partial charge in [-0.25, -0.2) is 4.79 Å². The van der Waals surface area contributed by atoms with Gasteiger partial charge in [-0.05, 0) is 6.92 Å². The standard InChI is InChI=1S/C8H15NO4/c1-4-9(8(12)13-3)5-6(2)7(10)11/h6H,4-5H2,1-3H3,(H,10,11). The van der Waals surface area contributed by atoms with Crippen molar-refractivity contribution in [2.45, 2.75) is 13.8 Å². The van der Waals surface area contributed by atoms with E-state index in [2.05, 4.69) is 4.74 Å². The van der Waals surface area contributed by atoms with Crippen LogP contribution < -0.4 is 0 Å². The molecule has 0 rings (SSSR count). The number of rotatable bonds is 4. The van der Waals surface area contributed by atoms with Crippen LogP contribution in [0.25, 0.3) is 0 Å². The molecule has 1 atom stereocenters. The summed E-state index contributed by atoms with van der Waals surface area (Å²) in [6.07, 6.45) is -0.490. The van der Waals surface area contributed by atoms with Gasteiger partial charge in [-0.1, -0.05) is 6.92 Å². The summed E-state index contributed by atoms with van der Waals surface area (Å²) in [6, 6.07) is 0. The van der Waals surface area contributed by atoms with E-state index in [4.69, 9.17) is 5.11 Å². The number of carbonyl (C=O) groups is 2. The highest BCUT2D eigenvalue weighted by Gasteiger charge is 2.19. The number of carboxylic acids is 1. The van der Waals surface area contributed by atoms with Crippen LogP contribution in [-0.4, -0.2) is 42.3 Å². The first-order chi connectivity index (χ1) is 6.02. The predicted octanol–water partition coefficient (Wildman–Crippen LogP) is 0.795. The van der Waals surface area contributed by atoms with Gasteiger partial charge in [0.15, 0.2) is 0 Å². The smallest absolute Gasteiger partial charge is 0.409 e. The molecule has 76 valence electrons. The van der Waals surface area contributed by atoms with Gasteiger partial charge in [0.1, 0.15) is 0 Å². The number of aliphatic carboxylic acids is 1. The second-order valence-electron chi connectivity index (χ2n) is 2.75. The summed E-state index contributed by atoms with van der Waals surface area (Å²) >= 11 is 0. The molecule has 0 saturated carbocycles. The lowest BCUT2D eigenvalue weighted by Crippen LogP contribution is -2.36. The summed E-state index contributed by atoms with van der Waals surface area (Å²) < 4.78 is 4.48. The SMILES string of the molecule is CCN(CC(C)C(=O)O)C(=O)OC. The number of ether oxygens (including phenoxy) is 1. The Balaban J connectivity index is 4.12. The molecule has 0 aromatic heterocycles. The van der Waals surface area contributed by atoms with Crippen molar-refractivity contribution in [3.05, 3.63) is 0 Å². The Morgan fingerprint density at radius 2 is 2.08 bits per heavy atom. The maximum atomic E-state index is 11.0. The fourth-order valence-corrected chi connectivity index (χ4v) is 0.871. The molecule has 5 nitrogen and oxygen atoms in total. The van der Waals surface area contributed by atoms with Crippen molar-refractivity contribution in [1.82, 2.24) is 4.90 Å². The van der Waals surface area contributed by atoms with Gasteiger partial charge >= 0.3 is 12.1 Å². The summed E-state index contributed by atoms with van der Waals surface area (Å²) in [4.78, 5) is 22.8. The highest BCUT2D eigenvalue weighted by Crippen LogP contribution is 2.01. The van der Waals surface area contributed by atoms with E-state index >= 15 is 0 Å². The van der Waals surface area contributed by atoms with Crippen molar-refractivity contribution in [1.29, 1.82) is 0 Å². The van der Waals surface area contributed by atoms with E-state index in [0.717, 1.165) is 0 Å². The zero-order valence-electron chi connectivity index (χ0n) is 8.11. The molecule has 0 heterocycles. The van der Waals surface area contributed by atoms with Gasteiger partial charge in [-0.2, -0.15) is 0 Å². The molecule has 0 aliphatic carbocycles. The van der Waals surface area contributed by atoms with Crippen LogP contribution in [0, 0.1) is 5.92 Å². The van der Waals surface area contributed by atoms with E-state index in [1.54, 1.807) is 13.8 Å². The number of carboxylic acid groups (broad SMARTS) is 1. The van der Waals surface area contributed by atoms with E-state index in [-0.39, 0.29) is 6.54 Å². The molecule has 0 saturated heterocycles. The molecule has 0 aliphatic rings. The number of methoxy groups -OCH3 is 1. The molecule has 13 heavy (non-hydrogen) atoms. The lowest BCUT2D eigenvalue weighted by atomic mass is 10.2. The third kappa shape index (κ3) is 3.78. The second kappa shape index (κ2) is 5.40. The monoisotopic (exact) mass is 189 g/mol. The van der Waals surface area contributed by atoms with E-state index in [0.29, 0.717) is 6.54 Å². The maximum absolute atomic E-state index is 11.0. The minimum atomic E-state index is -0.914. The van der Waals surface area contributed by atoms with Crippen LogP contribution in [0.1, 0.15) is 13.8 Å². The van der Waals surface area contributed by atoms with Crippen LogP contribution in [0.15, 0.2) is 0 Å². The van der Waals surface area contributed by atoms with Crippen LogP contribution in [0.4, 0.5) is 4.79 Å². The molecule has 0 spiro atoms. The lowest BCUT2D eigenvalue weighted by Gasteiger charge is -2.20. The van der Waals surface area contributed by atoms with Crippen molar-refractivity contribution in [2.24, 2.45) is 5.92 Å². The summed E-state index contributed by atoms with van der Waals surface area (Å²) in [5.74, 6) is -1.48. The van der Waals surface area contributed by atoms with E-state index in [1.807, 2.05) is 0 Å². The van der Waals surface area contributed by atoms with Crippen LogP contribution >= 0.6 is 0 Å². The maximum Gasteiger partial charge on any atom is 0.409 e. The average Bonchev–Trinajstić information content (AvgIpc) is 2.12. The Kier molecular flexibility index (Phi) is 4.87. The van der Waals surface area contributed by atoms with Crippen LogP contribution in [0.2, 0.25) is 0 Å². The zero-order chi connectivity index (χ0) is 10.4. The molecule has 0 aromatic rings. The second-order valence-corrected chi connectivity index (χ2v) is 2.75. The number of hydrogen-bond donors (Lipinski definition) is 1. The van der Waals surface area contributed by atoms with Gasteiger partial charge in [-0.3, -0.25) is 4.79 Å². The average molecular weight is 189 g/mol. The van der Waals surface area contributed by atoms with E-state index < -0.39 is 18.0 Å². The van der Waals surface area contributed by atoms with Gasteiger partial charge < -0.3 is 14.7 Å². The van der Waals surface area contributed by atoms with Crippen molar-refractivity contribution < 1.29 is 19.4 Å². The number of carbonyl (C=O) groups excluding carboxylic acids is 1. The number of nitrogens with zero attached hydrogens (tertiary/aromatic N) is 1. The topological polar surface area (TPSA) is 66.8 Å². The van der Waals surface area contributed by atoms with Crippen molar-refractivity contribution >= 4 is 12.1 Å². The van der Waals surface area contributed by atoms with E-state index in [9.17, 15) is 9.59 Å². The fourth-order valence-electron chi connectivity index (χ4n) is 0.871. The summed E-state index contributed by atoms with van der Waals surface area (Å²) in [5.41, 5.74) is 0. The molecular formula is C8H15NO4. The molecule has 0 aromatic carbocycles. The van der Waals surface area contributed by atoms with Crippen molar-refractivity contribution in [3.8, 4) is 0 Å². The van der Waals surface area contributed by atoms with Crippen molar-refractivity contribution in [3.63, 3.8) is 0 Å². The third-order valence-corrected chi connectivity index (χ3v) is 1.73. The molecule has 1 amide bonds. The summed E-state index contributed by atoms with van der Waals surface area (Å²) in [6.45, 7) is 3.95. The number of amides is 1. The highest BCUT2D eigenvalue weighted by molar-refractivity contribution is 5.72. The largest absolute Gasteiger partial charge is 0.481 e. The molecule has 0 aliphatic heterocycles. The summed E-state index contributed by atoms with van der Waals surface area (Å²) in [5, 5.41) is 8.60. The molecule has 5 heteroatoms. The summed E-state index contributed by atoms with van der Waals surface area (Å²) in [7, 11) is 1.27. The molecular weight excluding hydrogens is 174 g/mol. The van der Waals surface area contributed by atoms with Gasteiger partial charge in [0.2, 0.25) is 0 Å². The zero-order valence-corrected chi connectivity index (χ0v) is 8.11. The van der Waals surface area contributed by atoms with Gasteiger partial charge in [0.25, 0.3) is 0 Å². The molecule has 0 radical (unpaired) electrons. The van der Waals surface area contributed by atoms with Crippen LogP contribution in [0.3, 0.4) is 0 Å². The van der Waals surface area contributed by atoms with Gasteiger partial charge in [0.05, 0.1) is 13.0 Å². The first-order valence-electron chi connectivity index (χ1n) is 4.08. The van der Waals surface area contributed by atoms with Crippen LogP contribution in [-0.2, 0) is 9.53 Å². The highest BCUT2D eigenvalue weighted by atomic mass is 16.5. The Morgan fingerprint density at radius 1 is 1.54 bits per heavy atom. The Morgan fingerprint density at radius 3 is 2.38 bits per heavy atom. The molecule has 1 N–H and O–H groups in total. The first-order valence-corrected chi connectivity index (χ1v) is 4.08. The van der Waals surface area contributed by atoms with Gasteiger partial charge in [-0.15, -0.1) is 0 Å². The minimum absolute atomic E-state index is 0.179. The molecule has 0 bridgehead atoms. The Hall–Kier alpha value is -1.26. The molecule has 1 unspecified atom stereocenters. The normalized spacial score (nSPS) is 11.9. The number of hydrogen-bond acceptors (Lipinski definition) is 3. The lowest BCUT2D eigenvalue weighted by molar-refractivity contribution is -0.141. The minimum Gasteiger partial charge on any atom is -0.481 e. The quantitative estimate of drug-likeness (QED) is 0.710. The Bertz CT molecular complexity index is 193. The Labute approximate surface area is 77.3 Å². The fraction of sp³-hybridized carbons (Fsp3) is 0.750. The predicted molar refractivity (Wildman–Crippen MR) is 46.5 cm³/mol. The van der Waals surface area contributed by atoms with Crippen molar-refractivity contribution in [2.75, 3.05) is 20.2 Å². The third-order valence-electron chi connectivity index (χ3n) is 1.73. The van der Waals surface area contributed by atoms with Gasteiger partial charge in [0, 0.05) is 13.1 Å². The first kappa shape index (κ1) is 11.7. The van der Waals surface area contributed by atoms with E-state index in [1.165, 1.54) is 12.0 Å². The van der Waals surface area contributed by atoms with Crippen LogP contribution in [0.5, 0.6) is 0 Å².